The van der Waals surface area contributed by atoms with E-state index in [9.17, 15) is 4.79 Å². The summed E-state index contributed by atoms with van der Waals surface area (Å²) >= 11 is 6.43. The molecule has 0 radical (unpaired) electrons. The number of carbonyl (C=O) groups excluding carboxylic acids is 1. The minimum absolute atomic E-state index is 0.520. The molecule has 1 aliphatic carbocycles. The second-order valence-electron chi connectivity index (χ2n) is 5.32. The molecule has 0 spiro atoms. The number of ether oxygens (including phenoxy) is 2. The van der Waals surface area contributed by atoms with Crippen molar-refractivity contribution in [3.8, 4) is 11.5 Å². The van der Waals surface area contributed by atoms with Gasteiger partial charge in [-0.3, -0.25) is 0 Å². The number of halogens is 1. The number of hydrogen-bond donors (Lipinski definition) is 0. The number of aliphatic imine (C=N–C) groups is 1. The summed E-state index contributed by atoms with van der Waals surface area (Å²) in [6, 6.07) is 1.78. The van der Waals surface area contributed by atoms with Crippen molar-refractivity contribution in [2.24, 2.45) is 4.99 Å². The predicted octanol–water partition coefficient (Wildman–Crippen LogP) is 3.52. The topological polar surface area (TPSA) is 47.9 Å². The van der Waals surface area contributed by atoms with Gasteiger partial charge in [0.25, 0.3) is 0 Å². The summed E-state index contributed by atoms with van der Waals surface area (Å²) in [6.45, 7) is 3.20. The molecule has 1 aromatic carbocycles. The molecule has 0 unspecified atom stereocenters. The molecular weight excluding hydrogens is 278 g/mol. The zero-order chi connectivity index (χ0) is 14.2. The van der Waals surface area contributed by atoms with Crippen LogP contribution in [0.15, 0.2) is 11.1 Å². The highest BCUT2D eigenvalue weighted by molar-refractivity contribution is 6.31. The van der Waals surface area contributed by atoms with Gasteiger partial charge in [0.05, 0.1) is 18.2 Å². The summed E-state index contributed by atoms with van der Waals surface area (Å²) in [5, 5.41) is 0.588. The molecule has 1 aromatic rings. The van der Waals surface area contributed by atoms with Gasteiger partial charge in [-0.05, 0) is 26.2 Å². The van der Waals surface area contributed by atoms with Gasteiger partial charge in [0, 0.05) is 23.6 Å². The lowest BCUT2D eigenvalue weighted by Crippen LogP contribution is -2.33. The molecule has 20 heavy (non-hydrogen) atoms. The Morgan fingerprint density at radius 2 is 2.05 bits per heavy atom. The molecular formula is C15H16ClNO3. The fourth-order valence-corrected chi connectivity index (χ4v) is 3.44. The van der Waals surface area contributed by atoms with E-state index >= 15 is 0 Å². The van der Waals surface area contributed by atoms with E-state index in [1.165, 1.54) is 0 Å². The fraction of sp³-hybridized carbons (Fsp3) is 0.533. The van der Waals surface area contributed by atoms with Crippen molar-refractivity contribution >= 4 is 17.7 Å². The van der Waals surface area contributed by atoms with Gasteiger partial charge in [-0.2, -0.15) is 4.99 Å². The molecule has 0 aromatic heterocycles. The Morgan fingerprint density at radius 1 is 1.30 bits per heavy atom. The molecule has 0 N–H and O–H groups in total. The summed E-state index contributed by atoms with van der Waals surface area (Å²) < 4.78 is 11.5. The first-order valence-electron chi connectivity index (χ1n) is 6.86. The van der Waals surface area contributed by atoms with Crippen LogP contribution in [-0.2, 0) is 10.3 Å². The van der Waals surface area contributed by atoms with Gasteiger partial charge in [0.15, 0.2) is 11.5 Å². The maximum atomic E-state index is 10.8. The highest BCUT2D eigenvalue weighted by Gasteiger charge is 2.42. The number of nitrogens with zero attached hydrogens (tertiary/aromatic N) is 1. The molecule has 0 amide bonds. The third-order valence-corrected chi connectivity index (χ3v) is 4.43. The van der Waals surface area contributed by atoms with Crippen LogP contribution >= 0.6 is 11.6 Å². The van der Waals surface area contributed by atoms with Crippen molar-refractivity contribution in [3.05, 3.63) is 22.2 Å². The van der Waals surface area contributed by atoms with Crippen LogP contribution < -0.4 is 9.47 Å². The van der Waals surface area contributed by atoms with Crippen LogP contribution in [0.4, 0.5) is 0 Å². The monoisotopic (exact) mass is 293 g/mol. The van der Waals surface area contributed by atoms with Crippen LogP contribution in [0.1, 0.15) is 36.8 Å². The maximum Gasteiger partial charge on any atom is 0.235 e. The van der Waals surface area contributed by atoms with Crippen LogP contribution in [0, 0.1) is 6.92 Å². The summed E-state index contributed by atoms with van der Waals surface area (Å²) in [6.07, 6.45) is 5.23. The zero-order valence-corrected chi connectivity index (χ0v) is 12.1. The SMILES string of the molecule is Cc1c2c(cc(Cl)c1C1(N=C=O)CCC1)OCCCO2. The van der Waals surface area contributed by atoms with E-state index in [1.807, 2.05) is 6.92 Å². The van der Waals surface area contributed by atoms with Crippen LogP contribution in [0.2, 0.25) is 5.02 Å². The van der Waals surface area contributed by atoms with Gasteiger partial charge in [0.2, 0.25) is 6.08 Å². The van der Waals surface area contributed by atoms with Gasteiger partial charge >= 0.3 is 0 Å². The number of isocyanates is 1. The molecule has 1 aliphatic heterocycles. The van der Waals surface area contributed by atoms with Crippen molar-refractivity contribution in [2.45, 2.75) is 38.1 Å². The minimum atomic E-state index is -0.520. The first-order chi connectivity index (χ1) is 9.68. The summed E-state index contributed by atoms with van der Waals surface area (Å²) in [7, 11) is 0. The molecule has 2 aliphatic rings. The van der Waals surface area contributed by atoms with Crippen LogP contribution in [0.5, 0.6) is 11.5 Å². The van der Waals surface area contributed by atoms with Crippen molar-refractivity contribution < 1.29 is 14.3 Å². The van der Waals surface area contributed by atoms with Crippen molar-refractivity contribution in [3.63, 3.8) is 0 Å². The van der Waals surface area contributed by atoms with Gasteiger partial charge < -0.3 is 9.47 Å². The van der Waals surface area contributed by atoms with Crippen LogP contribution in [-0.4, -0.2) is 19.3 Å². The second kappa shape index (κ2) is 5.12. The summed E-state index contributed by atoms with van der Waals surface area (Å²) in [4.78, 5) is 14.8. The lowest BCUT2D eigenvalue weighted by atomic mass is 9.71. The highest BCUT2D eigenvalue weighted by atomic mass is 35.5. The second-order valence-corrected chi connectivity index (χ2v) is 5.73. The van der Waals surface area contributed by atoms with E-state index in [0.29, 0.717) is 24.0 Å². The molecule has 0 atom stereocenters. The molecule has 0 bridgehead atoms. The Hall–Kier alpha value is -1.51. The van der Waals surface area contributed by atoms with Gasteiger partial charge in [0.1, 0.15) is 5.54 Å². The van der Waals surface area contributed by atoms with Gasteiger partial charge in [-0.15, -0.1) is 0 Å². The Balaban J connectivity index is 2.16. The Bertz CT molecular complexity index is 589. The maximum absolute atomic E-state index is 10.8. The Kier molecular flexibility index (Phi) is 3.45. The number of benzene rings is 1. The van der Waals surface area contributed by atoms with Crippen molar-refractivity contribution in [2.75, 3.05) is 13.2 Å². The summed E-state index contributed by atoms with van der Waals surface area (Å²) in [5.74, 6) is 1.41. The Morgan fingerprint density at radius 3 is 2.70 bits per heavy atom. The quantitative estimate of drug-likeness (QED) is 0.619. The van der Waals surface area contributed by atoms with E-state index in [0.717, 1.165) is 42.6 Å². The van der Waals surface area contributed by atoms with Crippen molar-refractivity contribution in [1.29, 1.82) is 0 Å². The lowest BCUT2D eigenvalue weighted by molar-refractivity contribution is 0.252. The predicted molar refractivity (Wildman–Crippen MR) is 75.4 cm³/mol. The zero-order valence-electron chi connectivity index (χ0n) is 11.4. The molecule has 106 valence electrons. The molecule has 1 heterocycles. The minimum Gasteiger partial charge on any atom is -0.489 e. The average molecular weight is 294 g/mol. The third kappa shape index (κ3) is 2.00. The van der Waals surface area contributed by atoms with E-state index in [2.05, 4.69) is 4.99 Å². The van der Waals surface area contributed by atoms with Crippen LogP contribution in [0.3, 0.4) is 0 Å². The smallest absolute Gasteiger partial charge is 0.235 e. The van der Waals surface area contributed by atoms with Crippen LogP contribution in [0.25, 0.3) is 0 Å². The van der Waals surface area contributed by atoms with Gasteiger partial charge in [-0.1, -0.05) is 11.6 Å². The number of hydrogen-bond acceptors (Lipinski definition) is 4. The highest BCUT2D eigenvalue weighted by Crippen LogP contribution is 2.52. The standard InChI is InChI=1S/C15H16ClNO3/c1-10-13(15(17-9-18)4-2-5-15)11(16)8-12-14(10)20-7-3-6-19-12/h8H,2-7H2,1H3. The Labute approximate surface area is 122 Å². The largest absolute Gasteiger partial charge is 0.489 e. The number of rotatable bonds is 2. The van der Waals surface area contributed by atoms with Gasteiger partial charge in [-0.25, -0.2) is 4.79 Å². The van der Waals surface area contributed by atoms with E-state index in [-0.39, 0.29) is 0 Å². The first kappa shape index (κ1) is 13.5. The van der Waals surface area contributed by atoms with Crippen molar-refractivity contribution in [1.82, 2.24) is 0 Å². The molecule has 1 saturated carbocycles. The first-order valence-corrected chi connectivity index (χ1v) is 7.24. The summed E-state index contributed by atoms with van der Waals surface area (Å²) in [5.41, 5.74) is 1.29. The van der Waals surface area contributed by atoms with E-state index in [1.54, 1.807) is 12.1 Å². The molecule has 4 nitrogen and oxygen atoms in total. The lowest BCUT2D eigenvalue weighted by Gasteiger charge is -2.39. The molecule has 5 heteroatoms. The van der Waals surface area contributed by atoms with E-state index < -0.39 is 5.54 Å². The molecule has 1 fully saturated rings. The number of fused-ring (bicyclic) bond motifs is 1. The van der Waals surface area contributed by atoms with E-state index in [4.69, 9.17) is 21.1 Å². The molecule has 0 saturated heterocycles. The average Bonchev–Trinajstić information content (AvgIpc) is 2.61. The fourth-order valence-electron chi connectivity index (χ4n) is 3.02. The third-order valence-electron chi connectivity index (χ3n) is 4.13. The normalized spacial score (nSPS) is 19.5. The molecule has 3 rings (SSSR count).